The first-order valence-corrected chi connectivity index (χ1v) is 10.7. The van der Waals surface area contributed by atoms with E-state index in [9.17, 15) is 9.59 Å². The minimum Gasteiger partial charge on any atom is -0.354 e. The Morgan fingerprint density at radius 3 is 2.60 bits per heavy atom. The highest BCUT2D eigenvalue weighted by Gasteiger charge is 2.30. The van der Waals surface area contributed by atoms with Gasteiger partial charge in [0.25, 0.3) is 5.91 Å². The molecule has 6 nitrogen and oxygen atoms in total. The third-order valence-electron chi connectivity index (χ3n) is 6.46. The van der Waals surface area contributed by atoms with E-state index in [4.69, 9.17) is 5.10 Å². The molecular weight excluding hydrogens is 376 g/mol. The smallest absolute Gasteiger partial charge is 0.270 e. The Morgan fingerprint density at radius 2 is 1.83 bits per heavy atom. The molecule has 1 aliphatic carbocycles. The van der Waals surface area contributed by atoms with Crippen molar-refractivity contribution in [2.24, 2.45) is 7.05 Å². The third kappa shape index (κ3) is 2.98. The van der Waals surface area contributed by atoms with Crippen LogP contribution in [0.1, 0.15) is 56.2 Å². The molecule has 30 heavy (non-hydrogen) atoms. The molecule has 0 atom stereocenters. The van der Waals surface area contributed by atoms with Crippen LogP contribution in [-0.2, 0) is 26.3 Å². The van der Waals surface area contributed by atoms with Crippen molar-refractivity contribution < 1.29 is 9.59 Å². The maximum atomic E-state index is 13.4. The van der Waals surface area contributed by atoms with E-state index >= 15 is 0 Å². The molecule has 154 valence electrons. The number of nitrogens with zero attached hydrogens (tertiary/aromatic N) is 3. The van der Waals surface area contributed by atoms with Crippen LogP contribution in [0.25, 0.3) is 11.3 Å². The second kappa shape index (κ2) is 7.27. The summed E-state index contributed by atoms with van der Waals surface area (Å²) in [5.74, 6) is 0.148. The number of fused-ring (bicyclic) bond motifs is 2. The molecule has 3 aromatic rings. The molecule has 2 aromatic heterocycles. The first-order valence-electron chi connectivity index (χ1n) is 10.7. The molecule has 0 radical (unpaired) electrons. The Bertz CT molecular complexity index is 1140. The van der Waals surface area contributed by atoms with E-state index in [1.165, 1.54) is 5.56 Å². The summed E-state index contributed by atoms with van der Waals surface area (Å²) >= 11 is 0. The average molecular weight is 402 g/mol. The van der Waals surface area contributed by atoms with Gasteiger partial charge in [-0.1, -0.05) is 30.3 Å². The second-order valence-corrected chi connectivity index (χ2v) is 8.31. The molecule has 1 amide bonds. The highest BCUT2D eigenvalue weighted by Crippen LogP contribution is 2.30. The Morgan fingerprint density at radius 1 is 1.07 bits per heavy atom. The van der Waals surface area contributed by atoms with E-state index in [0.717, 1.165) is 59.5 Å². The lowest BCUT2D eigenvalue weighted by molar-refractivity contribution is 0.0756. The Balaban J connectivity index is 1.42. The standard InChI is InChI=1S/C24H26N4O2/c1-15-21-19(9-6-10-20(21)29)25-22(15)24(30)28-13-11-17-18(12-14-28)26-27(2)23(17)16-7-4-3-5-8-16/h3-5,7-8,25H,6,9-14H2,1-2H3. The number of aromatic amines is 1. The highest BCUT2D eigenvalue weighted by molar-refractivity contribution is 6.04. The number of Topliss-reactive ketones (excluding diaryl/α,β-unsaturated/α-hetero) is 1. The van der Waals surface area contributed by atoms with Gasteiger partial charge in [0.15, 0.2) is 5.78 Å². The van der Waals surface area contributed by atoms with Gasteiger partial charge in [0.1, 0.15) is 5.69 Å². The topological polar surface area (TPSA) is 71.0 Å². The van der Waals surface area contributed by atoms with Crippen LogP contribution in [-0.4, -0.2) is 44.4 Å². The van der Waals surface area contributed by atoms with E-state index in [1.54, 1.807) is 0 Å². The summed E-state index contributed by atoms with van der Waals surface area (Å²) in [5, 5.41) is 4.76. The fourth-order valence-electron chi connectivity index (χ4n) is 4.99. The number of rotatable bonds is 2. The molecule has 3 heterocycles. The van der Waals surface area contributed by atoms with Crippen molar-refractivity contribution in [2.45, 2.75) is 39.0 Å². The Kier molecular flexibility index (Phi) is 4.57. The number of benzene rings is 1. The van der Waals surface area contributed by atoms with Crippen LogP contribution in [0.15, 0.2) is 30.3 Å². The number of hydrogen-bond acceptors (Lipinski definition) is 3. The van der Waals surface area contributed by atoms with Crippen molar-refractivity contribution in [3.63, 3.8) is 0 Å². The average Bonchev–Trinajstić information content (AvgIpc) is 3.17. The molecule has 6 heteroatoms. The van der Waals surface area contributed by atoms with Gasteiger partial charge >= 0.3 is 0 Å². The summed E-state index contributed by atoms with van der Waals surface area (Å²) in [4.78, 5) is 30.9. The van der Waals surface area contributed by atoms with Crippen molar-refractivity contribution in [2.75, 3.05) is 13.1 Å². The number of ketones is 1. The molecule has 0 unspecified atom stereocenters. The summed E-state index contributed by atoms with van der Waals surface area (Å²) in [6.45, 7) is 3.18. The zero-order valence-corrected chi connectivity index (χ0v) is 17.5. The SMILES string of the molecule is Cc1c(C(=O)N2CCc3nn(C)c(-c4ccccc4)c3CC2)[nH]c2c1C(=O)CCC2. The van der Waals surface area contributed by atoms with E-state index in [0.29, 0.717) is 25.2 Å². The predicted octanol–water partition coefficient (Wildman–Crippen LogP) is 3.48. The Hall–Kier alpha value is -3.15. The fourth-order valence-corrected chi connectivity index (χ4v) is 4.99. The molecule has 0 spiro atoms. The summed E-state index contributed by atoms with van der Waals surface area (Å²) in [5.41, 5.74) is 7.66. The number of aryl methyl sites for hydroxylation is 2. The van der Waals surface area contributed by atoms with E-state index in [2.05, 4.69) is 17.1 Å². The second-order valence-electron chi connectivity index (χ2n) is 8.31. The van der Waals surface area contributed by atoms with Gasteiger partial charge in [-0.3, -0.25) is 14.3 Å². The fraction of sp³-hybridized carbons (Fsp3) is 0.375. The van der Waals surface area contributed by atoms with E-state index in [1.807, 2.05) is 41.8 Å². The molecule has 1 N–H and O–H groups in total. The van der Waals surface area contributed by atoms with Crippen LogP contribution in [0.5, 0.6) is 0 Å². The lowest BCUT2D eigenvalue weighted by atomic mass is 9.94. The molecule has 0 saturated heterocycles. The van der Waals surface area contributed by atoms with Crippen LogP contribution in [0.4, 0.5) is 0 Å². The molecule has 1 aromatic carbocycles. The largest absolute Gasteiger partial charge is 0.354 e. The van der Waals surface area contributed by atoms with Crippen LogP contribution in [0.2, 0.25) is 0 Å². The number of amides is 1. The van der Waals surface area contributed by atoms with Gasteiger partial charge in [0.05, 0.1) is 11.4 Å². The molecule has 1 aliphatic heterocycles. The van der Waals surface area contributed by atoms with Crippen LogP contribution in [0.3, 0.4) is 0 Å². The van der Waals surface area contributed by atoms with E-state index in [-0.39, 0.29) is 11.7 Å². The molecule has 0 bridgehead atoms. The van der Waals surface area contributed by atoms with Crippen molar-refractivity contribution in [3.05, 3.63) is 64.1 Å². The molecule has 0 fully saturated rings. The predicted molar refractivity (Wildman–Crippen MR) is 115 cm³/mol. The van der Waals surface area contributed by atoms with Crippen molar-refractivity contribution in [3.8, 4) is 11.3 Å². The number of hydrogen-bond donors (Lipinski definition) is 1. The van der Waals surface area contributed by atoms with Crippen LogP contribution >= 0.6 is 0 Å². The summed E-state index contributed by atoms with van der Waals surface area (Å²) in [7, 11) is 1.99. The highest BCUT2D eigenvalue weighted by atomic mass is 16.2. The van der Waals surface area contributed by atoms with Crippen molar-refractivity contribution in [1.29, 1.82) is 0 Å². The maximum Gasteiger partial charge on any atom is 0.270 e. The van der Waals surface area contributed by atoms with Gasteiger partial charge in [-0.25, -0.2) is 0 Å². The normalized spacial score (nSPS) is 16.2. The monoisotopic (exact) mass is 402 g/mol. The maximum absolute atomic E-state index is 13.4. The van der Waals surface area contributed by atoms with Crippen LogP contribution < -0.4 is 0 Å². The first-order chi connectivity index (χ1) is 14.5. The van der Waals surface area contributed by atoms with Crippen molar-refractivity contribution >= 4 is 11.7 Å². The lowest BCUT2D eigenvalue weighted by Gasteiger charge is -2.20. The van der Waals surface area contributed by atoms with Crippen molar-refractivity contribution in [1.82, 2.24) is 19.7 Å². The Labute approximate surface area is 175 Å². The molecule has 0 saturated carbocycles. The van der Waals surface area contributed by atoms with Gasteiger partial charge in [-0.05, 0) is 31.7 Å². The van der Waals surface area contributed by atoms with Gasteiger partial charge in [0, 0.05) is 55.4 Å². The number of carbonyl (C=O) groups is 2. The van der Waals surface area contributed by atoms with E-state index < -0.39 is 0 Å². The summed E-state index contributed by atoms with van der Waals surface area (Å²) in [6, 6.07) is 10.3. The zero-order chi connectivity index (χ0) is 20.8. The zero-order valence-electron chi connectivity index (χ0n) is 17.5. The summed E-state index contributed by atoms with van der Waals surface area (Å²) < 4.78 is 1.96. The molecule has 5 rings (SSSR count). The van der Waals surface area contributed by atoms with Gasteiger partial charge < -0.3 is 9.88 Å². The first kappa shape index (κ1) is 18.9. The van der Waals surface area contributed by atoms with Gasteiger partial charge in [-0.15, -0.1) is 0 Å². The number of carbonyl (C=O) groups excluding carboxylic acids is 2. The minimum atomic E-state index is -0.00881. The minimum absolute atomic E-state index is 0.00881. The quantitative estimate of drug-likeness (QED) is 0.713. The molecular formula is C24H26N4O2. The van der Waals surface area contributed by atoms with Gasteiger partial charge in [0.2, 0.25) is 0 Å². The number of nitrogens with one attached hydrogen (secondary N) is 1. The van der Waals surface area contributed by atoms with Crippen LogP contribution in [0, 0.1) is 6.92 Å². The van der Waals surface area contributed by atoms with Gasteiger partial charge in [-0.2, -0.15) is 5.10 Å². The molecule has 2 aliphatic rings. The summed E-state index contributed by atoms with van der Waals surface area (Å²) in [6.07, 6.45) is 3.78. The lowest BCUT2D eigenvalue weighted by Crippen LogP contribution is -2.34. The number of aromatic nitrogens is 3. The third-order valence-corrected chi connectivity index (χ3v) is 6.46. The number of H-pyrrole nitrogens is 1.